The van der Waals surface area contributed by atoms with Crippen LogP contribution in [0.1, 0.15) is 155 Å². The SMILES string of the molecule is CCCCC/C=C\C/C=C\C/C=C\CC1OC1CCCC(=O)O[C@H](COC(=O)CCCCCCC/C=C\C/C=C\CCCCC)COP(=O)(O)OCC[N+](C)(C)C. The molecule has 1 saturated heterocycles. The minimum absolute atomic E-state index is 0.0124. The number of nitrogens with zero attached hydrogens (tertiary/aromatic N) is 1. The third-order valence-corrected chi connectivity index (χ3v) is 10.4. The van der Waals surface area contributed by atoms with E-state index >= 15 is 0 Å². The van der Waals surface area contributed by atoms with Crippen molar-refractivity contribution < 1.29 is 46.8 Å². The average Bonchev–Trinajstić information content (AvgIpc) is 3.91. The topological polar surface area (TPSA) is 121 Å². The minimum Gasteiger partial charge on any atom is -0.462 e. The lowest BCUT2D eigenvalue weighted by molar-refractivity contribution is -0.870. The summed E-state index contributed by atoms with van der Waals surface area (Å²) in [5.41, 5.74) is 0. The number of unbranched alkanes of at least 4 members (excludes halogenated alkanes) is 11. The van der Waals surface area contributed by atoms with E-state index in [0.29, 0.717) is 23.9 Å². The number of carbonyl (C=O) groups excluding carboxylic acids is 2. The summed E-state index contributed by atoms with van der Waals surface area (Å²) < 4.78 is 40.1. The molecule has 0 radical (unpaired) electrons. The second kappa shape index (κ2) is 34.5. The van der Waals surface area contributed by atoms with Gasteiger partial charge in [0.25, 0.3) is 0 Å². The zero-order chi connectivity index (χ0) is 41.9. The van der Waals surface area contributed by atoms with Gasteiger partial charge in [-0.1, -0.05) is 120 Å². The Morgan fingerprint density at radius 3 is 1.77 bits per heavy atom. The Morgan fingerprint density at radius 1 is 0.649 bits per heavy atom. The third-order valence-electron chi connectivity index (χ3n) is 9.44. The normalized spacial score (nSPS) is 17.7. The summed E-state index contributed by atoms with van der Waals surface area (Å²) in [6.07, 6.45) is 42.8. The summed E-state index contributed by atoms with van der Waals surface area (Å²) in [5, 5.41) is 0. The highest BCUT2D eigenvalue weighted by molar-refractivity contribution is 7.47. The van der Waals surface area contributed by atoms with E-state index in [1.807, 2.05) is 21.1 Å². The predicted octanol–water partition coefficient (Wildman–Crippen LogP) is 11.5. The molecule has 11 heteroatoms. The molecule has 0 aromatic heterocycles. The van der Waals surface area contributed by atoms with Gasteiger partial charge in [0.15, 0.2) is 6.10 Å². The fourth-order valence-corrected chi connectivity index (χ4v) is 6.58. The highest BCUT2D eigenvalue weighted by atomic mass is 31.2. The molecule has 0 aliphatic carbocycles. The Bertz CT molecular complexity index is 1220. The molecule has 1 rings (SSSR count). The van der Waals surface area contributed by atoms with Crippen LogP contribution >= 0.6 is 7.82 Å². The van der Waals surface area contributed by atoms with Crippen molar-refractivity contribution in [1.82, 2.24) is 0 Å². The van der Waals surface area contributed by atoms with Gasteiger partial charge in [0, 0.05) is 12.8 Å². The molecule has 0 bridgehead atoms. The summed E-state index contributed by atoms with van der Waals surface area (Å²) >= 11 is 0. The van der Waals surface area contributed by atoms with Crippen LogP contribution in [0.15, 0.2) is 60.8 Å². The van der Waals surface area contributed by atoms with Crippen molar-refractivity contribution in [2.75, 3.05) is 47.5 Å². The van der Waals surface area contributed by atoms with Crippen LogP contribution in [-0.2, 0) is 37.4 Å². The summed E-state index contributed by atoms with van der Waals surface area (Å²) in [7, 11) is 1.41. The summed E-state index contributed by atoms with van der Waals surface area (Å²) in [6, 6.07) is 0. The summed E-state index contributed by atoms with van der Waals surface area (Å²) in [5.74, 6) is -0.896. The van der Waals surface area contributed by atoms with Crippen LogP contribution in [0.25, 0.3) is 0 Å². The van der Waals surface area contributed by atoms with Crippen molar-refractivity contribution >= 4 is 19.8 Å². The van der Waals surface area contributed by atoms with Crippen LogP contribution in [0.5, 0.6) is 0 Å². The Hall–Kier alpha value is -2.33. The fraction of sp³-hybridized carbons (Fsp3) is 0.739. The van der Waals surface area contributed by atoms with Gasteiger partial charge in [-0.05, 0) is 83.5 Å². The van der Waals surface area contributed by atoms with Gasteiger partial charge in [0.1, 0.15) is 19.8 Å². The third kappa shape index (κ3) is 35.3. The molecular formula is C46H81NO9P+. The first-order valence-corrected chi connectivity index (χ1v) is 23.6. The number of allylic oxidation sites excluding steroid dienone is 9. The number of phosphoric ester groups is 1. The Morgan fingerprint density at radius 2 is 1.18 bits per heavy atom. The number of carbonyl (C=O) groups is 2. The van der Waals surface area contributed by atoms with Gasteiger partial charge < -0.3 is 23.6 Å². The largest absolute Gasteiger partial charge is 0.472 e. The standard InChI is InChI=1S/C46H80NO9P/c1-6-8-10-12-14-16-18-20-21-22-24-26-28-30-32-36-45(48)52-40-42(41-54-57(50,51)53-39-38-47(3,4)5)55-46(49)37-33-35-44-43(56-44)34-31-29-27-25-23-19-17-15-13-11-9-7-2/h14-17,20-21,23,25,29,31,42-44H,6-13,18-19,22,24,26-28,30,32-41H2,1-5H3/p+1/b16-14-,17-15-,21-20-,25-23-,31-29-/t42-,43?,44?/m1/s1. The summed E-state index contributed by atoms with van der Waals surface area (Å²) in [6.45, 7) is 4.25. The maximum atomic E-state index is 12.8. The molecule has 1 N–H and O–H groups in total. The van der Waals surface area contributed by atoms with Crippen molar-refractivity contribution in [3.63, 3.8) is 0 Å². The van der Waals surface area contributed by atoms with Crippen molar-refractivity contribution in [3.8, 4) is 0 Å². The molecule has 1 heterocycles. The van der Waals surface area contributed by atoms with E-state index in [4.69, 9.17) is 23.3 Å². The van der Waals surface area contributed by atoms with Gasteiger partial charge in [-0.15, -0.1) is 0 Å². The first kappa shape index (κ1) is 52.7. The molecule has 328 valence electrons. The zero-order valence-electron chi connectivity index (χ0n) is 36.5. The van der Waals surface area contributed by atoms with E-state index in [-0.39, 0.29) is 38.3 Å². The highest BCUT2D eigenvalue weighted by Crippen LogP contribution is 2.43. The zero-order valence-corrected chi connectivity index (χ0v) is 37.4. The minimum atomic E-state index is -4.41. The first-order chi connectivity index (χ1) is 27.5. The number of rotatable bonds is 38. The lowest BCUT2D eigenvalue weighted by Crippen LogP contribution is -2.37. The number of epoxide rings is 1. The van der Waals surface area contributed by atoms with E-state index in [0.717, 1.165) is 70.6 Å². The fourth-order valence-electron chi connectivity index (χ4n) is 5.83. The maximum Gasteiger partial charge on any atom is 0.472 e. The molecular weight excluding hydrogens is 741 g/mol. The number of ether oxygens (including phenoxy) is 3. The van der Waals surface area contributed by atoms with Gasteiger partial charge in [0.05, 0.1) is 40.0 Å². The second-order valence-electron chi connectivity index (χ2n) is 16.1. The van der Waals surface area contributed by atoms with Crippen LogP contribution in [0.4, 0.5) is 0 Å². The van der Waals surface area contributed by atoms with Gasteiger partial charge >= 0.3 is 19.8 Å². The van der Waals surface area contributed by atoms with Crippen LogP contribution in [0.3, 0.4) is 0 Å². The van der Waals surface area contributed by atoms with Gasteiger partial charge in [0.2, 0.25) is 0 Å². The van der Waals surface area contributed by atoms with Crippen LogP contribution in [0, 0.1) is 0 Å². The Kier molecular flexibility index (Phi) is 31.9. The maximum absolute atomic E-state index is 12.8. The molecule has 57 heavy (non-hydrogen) atoms. The number of phosphoric acid groups is 1. The van der Waals surface area contributed by atoms with Crippen molar-refractivity contribution in [3.05, 3.63) is 60.8 Å². The molecule has 0 aromatic rings. The number of quaternary nitrogens is 1. The molecule has 0 aromatic carbocycles. The molecule has 0 amide bonds. The molecule has 1 aliphatic rings. The quantitative estimate of drug-likeness (QED) is 0.0162. The molecule has 1 aliphatic heterocycles. The van der Waals surface area contributed by atoms with E-state index in [2.05, 4.69) is 74.6 Å². The number of likely N-dealkylation sites (N-methyl/N-ethyl adjacent to an activating group) is 1. The van der Waals surface area contributed by atoms with Crippen LogP contribution in [0.2, 0.25) is 0 Å². The predicted molar refractivity (Wildman–Crippen MR) is 233 cm³/mol. The number of hydrogen-bond donors (Lipinski definition) is 1. The van der Waals surface area contributed by atoms with Crippen molar-refractivity contribution in [2.45, 2.75) is 173 Å². The Labute approximate surface area is 347 Å². The number of hydrogen-bond acceptors (Lipinski definition) is 8. The average molecular weight is 823 g/mol. The molecule has 0 spiro atoms. The molecule has 3 unspecified atom stereocenters. The lowest BCUT2D eigenvalue weighted by atomic mass is 10.1. The second-order valence-corrected chi connectivity index (χ2v) is 17.6. The monoisotopic (exact) mass is 823 g/mol. The molecule has 10 nitrogen and oxygen atoms in total. The van der Waals surface area contributed by atoms with Crippen LogP contribution < -0.4 is 0 Å². The molecule has 1 fully saturated rings. The molecule has 0 saturated carbocycles. The van der Waals surface area contributed by atoms with Crippen molar-refractivity contribution in [2.24, 2.45) is 0 Å². The van der Waals surface area contributed by atoms with Gasteiger partial charge in [-0.25, -0.2) is 4.57 Å². The van der Waals surface area contributed by atoms with Gasteiger partial charge in [-0.2, -0.15) is 0 Å². The van der Waals surface area contributed by atoms with E-state index in [1.54, 1.807) is 0 Å². The van der Waals surface area contributed by atoms with Crippen molar-refractivity contribution in [1.29, 1.82) is 0 Å². The summed E-state index contributed by atoms with van der Waals surface area (Å²) in [4.78, 5) is 35.5. The Balaban J connectivity index is 2.36. The smallest absolute Gasteiger partial charge is 0.462 e. The van der Waals surface area contributed by atoms with E-state index in [9.17, 15) is 19.0 Å². The van der Waals surface area contributed by atoms with Crippen LogP contribution in [-0.4, -0.2) is 87.1 Å². The van der Waals surface area contributed by atoms with E-state index < -0.39 is 32.5 Å². The number of esters is 2. The lowest BCUT2D eigenvalue weighted by Gasteiger charge is -2.24. The van der Waals surface area contributed by atoms with E-state index in [1.165, 1.54) is 44.9 Å². The first-order valence-electron chi connectivity index (χ1n) is 22.1. The van der Waals surface area contributed by atoms with Gasteiger partial charge in [-0.3, -0.25) is 18.6 Å². The highest BCUT2D eigenvalue weighted by Gasteiger charge is 2.37. The molecule has 4 atom stereocenters.